The molecule has 0 aromatic heterocycles. The van der Waals surface area contributed by atoms with Gasteiger partial charge in [0.05, 0.1) is 12.2 Å². The molecule has 5 nitrogen and oxygen atoms in total. The third-order valence-corrected chi connectivity index (χ3v) is 5.60. The van der Waals surface area contributed by atoms with Crippen molar-refractivity contribution in [1.82, 2.24) is 0 Å². The number of benzene rings is 2. The Balaban J connectivity index is 1.61. The summed E-state index contributed by atoms with van der Waals surface area (Å²) in [6.45, 7) is 0. The topological polar surface area (TPSA) is 77.5 Å². The molecule has 0 amide bonds. The summed E-state index contributed by atoms with van der Waals surface area (Å²) in [5.74, 6) is -0.823. The molecule has 0 spiro atoms. The van der Waals surface area contributed by atoms with E-state index < -0.39 is 15.8 Å². The molecule has 1 aliphatic rings. The lowest BCUT2D eigenvalue weighted by Gasteiger charge is -2.08. The molecule has 7 heteroatoms. The summed E-state index contributed by atoms with van der Waals surface area (Å²) in [6, 6.07) is 12.8. The van der Waals surface area contributed by atoms with Crippen molar-refractivity contribution in [3.05, 3.63) is 76.2 Å². The Kier molecular flexibility index (Phi) is 5.25. The van der Waals surface area contributed by atoms with E-state index in [1.54, 1.807) is 36.4 Å². The lowest BCUT2D eigenvalue weighted by atomic mass is 10.0. The number of allylic oxidation sites excluding steroid dienone is 1. The van der Waals surface area contributed by atoms with Gasteiger partial charge in [0.2, 0.25) is 0 Å². The molecule has 1 atom stereocenters. The number of esters is 1. The second-order valence-electron chi connectivity index (χ2n) is 5.96. The highest BCUT2D eigenvalue weighted by molar-refractivity contribution is 7.94. The van der Waals surface area contributed by atoms with Crippen molar-refractivity contribution in [3.8, 4) is 5.75 Å². The van der Waals surface area contributed by atoms with Gasteiger partial charge in [0.25, 0.3) is 0 Å². The molecule has 26 heavy (non-hydrogen) atoms. The number of halogens is 1. The minimum Gasteiger partial charge on any atom is -0.427 e. The van der Waals surface area contributed by atoms with Crippen LogP contribution in [0.5, 0.6) is 5.75 Å². The fraction of sp³-hybridized carbons (Fsp3) is 0.158. The van der Waals surface area contributed by atoms with Gasteiger partial charge in [-0.2, -0.15) is 0 Å². The molecule has 0 aliphatic carbocycles. The largest absolute Gasteiger partial charge is 0.427 e. The molecule has 0 unspecified atom stereocenters. The van der Waals surface area contributed by atoms with E-state index in [1.807, 2.05) is 0 Å². The van der Waals surface area contributed by atoms with Gasteiger partial charge in [0.1, 0.15) is 5.75 Å². The normalized spacial score (nSPS) is 17.8. The van der Waals surface area contributed by atoms with Crippen molar-refractivity contribution in [1.29, 1.82) is 0 Å². The zero-order valence-corrected chi connectivity index (χ0v) is 15.2. The van der Waals surface area contributed by atoms with Gasteiger partial charge in [-0.25, -0.2) is 8.42 Å². The molecule has 1 heterocycles. The summed E-state index contributed by atoms with van der Waals surface area (Å²) < 4.78 is 27.9. The molecule has 0 fully saturated rings. The fourth-order valence-corrected chi connectivity index (χ4v) is 4.12. The highest BCUT2D eigenvalue weighted by Gasteiger charge is 2.24. The SMILES string of the molecule is O=C(C[C@@H]1C=CS(=O)(=O)C1)Oc1ccc(C(=O)c2ccc(Cl)cc2)cc1. The second-order valence-corrected chi connectivity index (χ2v) is 8.32. The Bertz CT molecular complexity index is 960. The third-order valence-electron chi connectivity index (χ3n) is 3.89. The summed E-state index contributed by atoms with van der Waals surface area (Å²) in [5, 5.41) is 1.68. The second kappa shape index (κ2) is 7.43. The lowest BCUT2D eigenvalue weighted by molar-refractivity contribution is -0.134. The summed E-state index contributed by atoms with van der Waals surface area (Å²) in [5.41, 5.74) is 0.963. The maximum absolute atomic E-state index is 12.4. The molecule has 0 saturated heterocycles. The third kappa shape index (κ3) is 4.59. The molecule has 134 valence electrons. The molecule has 0 bridgehead atoms. The molecular weight excluding hydrogens is 376 g/mol. The Hall–Kier alpha value is -2.44. The lowest BCUT2D eigenvalue weighted by Crippen LogP contribution is -2.15. The molecular formula is C19H15ClO5S. The minimum atomic E-state index is -3.19. The smallest absolute Gasteiger partial charge is 0.311 e. The van der Waals surface area contributed by atoms with Crippen LogP contribution in [0, 0.1) is 5.92 Å². The Labute approximate surface area is 156 Å². The molecule has 0 N–H and O–H groups in total. The Morgan fingerprint density at radius 2 is 1.58 bits per heavy atom. The van der Waals surface area contributed by atoms with E-state index in [4.69, 9.17) is 16.3 Å². The number of hydrogen-bond acceptors (Lipinski definition) is 5. The van der Waals surface area contributed by atoms with Crippen molar-refractivity contribution in [2.75, 3.05) is 5.75 Å². The molecule has 2 aromatic rings. The van der Waals surface area contributed by atoms with Crippen LogP contribution in [-0.4, -0.2) is 25.9 Å². The van der Waals surface area contributed by atoms with Crippen molar-refractivity contribution in [2.24, 2.45) is 5.92 Å². The van der Waals surface area contributed by atoms with Gasteiger partial charge in [-0.05, 0) is 48.5 Å². The van der Waals surface area contributed by atoms with Crippen LogP contribution >= 0.6 is 11.6 Å². The zero-order valence-electron chi connectivity index (χ0n) is 13.6. The molecule has 0 saturated carbocycles. The predicted octanol–water partition coefficient (Wildman–Crippen LogP) is 3.42. The summed E-state index contributed by atoms with van der Waals surface area (Å²) in [7, 11) is -3.19. The number of carbonyl (C=O) groups excluding carboxylic acids is 2. The molecule has 3 rings (SSSR count). The minimum absolute atomic E-state index is 0.0127. The van der Waals surface area contributed by atoms with Crippen molar-refractivity contribution in [2.45, 2.75) is 6.42 Å². The van der Waals surface area contributed by atoms with Crippen LogP contribution in [0.25, 0.3) is 0 Å². The number of ketones is 1. The van der Waals surface area contributed by atoms with E-state index in [0.29, 0.717) is 21.9 Å². The van der Waals surface area contributed by atoms with Crippen LogP contribution in [0.4, 0.5) is 0 Å². The molecule has 0 radical (unpaired) electrons. The van der Waals surface area contributed by atoms with Crippen LogP contribution in [0.2, 0.25) is 5.02 Å². The van der Waals surface area contributed by atoms with E-state index in [0.717, 1.165) is 5.41 Å². The van der Waals surface area contributed by atoms with Crippen molar-refractivity contribution in [3.63, 3.8) is 0 Å². The van der Waals surface area contributed by atoms with E-state index >= 15 is 0 Å². The first-order valence-electron chi connectivity index (χ1n) is 7.84. The van der Waals surface area contributed by atoms with Crippen LogP contribution in [0.15, 0.2) is 60.0 Å². The Morgan fingerprint density at radius 1 is 1.00 bits per heavy atom. The number of ether oxygens (including phenoxy) is 1. The standard InChI is InChI=1S/C19H15ClO5S/c20-16-5-1-14(2-6-16)19(22)15-3-7-17(8-4-15)25-18(21)11-13-9-10-26(23,24)12-13/h1-10,13H,11-12H2/t13-/m0/s1. The maximum atomic E-state index is 12.4. The zero-order chi connectivity index (χ0) is 18.7. The van der Waals surface area contributed by atoms with Crippen LogP contribution in [0.1, 0.15) is 22.3 Å². The average Bonchev–Trinajstić information content (AvgIpc) is 2.94. The number of hydrogen-bond donors (Lipinski definition) is 0. The first-order valence-corrected chi connectivity index (χ1v) is 9.94. The van der Waals surface area contributed by atoms with Crippen LogP contribution in [0.3, 0.4) is 0 Å². The highest BCUT2D eigenvalue weighted by atomic mass is 35.5. The van der Waals surface area contributed by atoms with Crippen molar-refractivity contribution < 1.29 is 22.7 Å². The van der Waals surface area contributed by atoms with Crippen molar-refractivity contribution >= 4 is 33.2 Å². The van der Waals surface area contributed by atoms with Gasteiger partial charge in [-0.3, -0.25) is 9.59 Å². The summed E-state index contributed by atoms with van der Waals surface area (Å²) in [4.78, 5) is 24.3. The molecule has 1 aliphatic heterocycles. The van der Waals surface area contributed by atoms with Gasteiger partial charge in [-0.1, -0.05) is 17.7 Å². The van der Waals surface area contributed by atoms with E-state index in [1.165, 1.54) is 18.2 Å². The van der Waals surface area contributed by atoms with E-state index in [9.17, 15) is 18.0 Å². The first-order chi connectivity index (χ1) is 12.3. The average molecular weight is 391 g/mol. The predicted molar refractivity (Wildman–Crippen MR) is 98.0 cm³/mol. The fourth-order valence-electron chi connectivity index (χ4n) is 2.60. The van der Waals surface area contributed by atoms with Gasteiger partial charge < -0.3 is 4.74 Å². The summed E-state index contributed by atoms with van der Waals surface area (Å²) >= 11 is 5.81. The number of carbonyl (C=O) groups is 2. The van der Waals surface area contributed by atoms with E-state index in [-0.39, 0.29) is 23.9 Å². The van der Waals surface area contributed by atoms with E-state index in [2.05, 4.69) is 0 Å². The highest BCUT2D eigenvalue weighted by Crippen LogP contribution is 2.21. The number of sulfone groups is 1. The summed E-state index contributed by atoms with van der Waals surface area (Å²) in [6.07, 6.45) is 1.49. The van der Waals surface area contributed by atoms with Gasteiger partial charge >= 0.3 is 5.97 Å². The van der Waals surface area contributed by atoms with Crippen LogP contribution in [-0.2, 0) is 14.6 Å². The van der Waals surface area contributed by atoms with Gasteiger partial charge in [0.15, 0.2) is 15.6 Å². The quantitative estimate of drug-likeness (QED) is 0.444. The maximum Gasteiger partial charge on any atom is 0.311 e. The van der Waals surface area contributed by atoms with Crippen LogP contribution < -0.4 is 4.74 Å². The number of rotatable bonds is 5. The van der Waals surface area contributed by atoms with Gasteiger partial charge in [0, 0.05) is 27.5 Å². The van der Waals surface area contributed by atoms with Gasteiger partial charge in [-0.15, -0.1) is 0 Å². The Morgan fingerprint density at radius 3 is 2.12 bits per heavy atom. The monoisotopic (exact) mass is 390 g/mol. The molecule has 2 aromatic carbocycles. The first kappa shape index (κ1) is 18.4.